The Labute approximate surface area is 185 Å². The Hall–Kier alpha value is -2.86. The molecule has 0 radical (unpaired) electrons. The summed E-state index contributed by atoms with van der Waals surface area (Å²) in [6.45, 7) is 6.57. The number of likely N-dealkylation sites (N-methyl/N-ethyl adjacent to an activating group) is 1. The molecule has 1 heterocycles. The number of rotatable bonds is 7. The van der Waals surface area contributed by atoms with Crippen molar-refractivity contribution in [3.8, 4) is 0 Å². The lowest BCUT2D eigenvalue weighted by Crippen LogP contribution is -2.46. The molecule has 6 heteroatoms. The number of hydrogen-bond donors (Lipinski definition) is 2. The summed E-state index contributed by atoms with van der Waals surface area (Å²) in [6, 6.07) is 16.0. The molecule has 2 aromatic rings. The second-order valence-corrected chi connectivity index (χ2v) is 8.69. The second-order valence-electron chi connectivity index (χ2n) is 8.69. The van der Waals surface area contributed by atoms with Crippen LogP contribution in [0.5, 0.6) is 0 Å². The highest BCUT2D eigenvalue weighted by atomic mass is 16.2. The van der Waals surface area contributed by atoms with Gasteiger partial charge in [0.05, 0.1) is 11.3 Å². The Morgan fingerprint density at radius 3 is 2.42 bits per heavy atom. The van der Waals surface area contributed by atoms with Gasteiger partial charge in [-0.2, -0.15) is 0 Å². The molecule has 6 nitrogen and oxygen atoms in total. The van der Waals surface area contributed by atoms with E-state index in [2.05, 4.69) is 55.4 Å². The van der Waals surface area contributed by atoms with E-state index in [1.807, 2.05) is 23.1 Å². The molecule has 0 aromatic heterocycles. The molecule has 1 saturated heterocycles. The number of primary amides is 1. The summed E-state index contributed by atoms with van der Waals surface area (Å²) in [5.74, 6) is 0.240. The van der Waals surface area contributed by atoms with Gasteiger partial charge in [-0.25, -0.2) is 4.79 Å². The van der Waals surface area contributed by atoms with Crippen LogP contribution < -0.4 is 11.1 Å². The van der Waals surface area contributed by atoms with Gasteiger partial charge in [0.2, 0.25) is 0 Å². The number of hydrogen-bond acceptors (Lipinski definition) is 3. The standard InChI is InChI=1S/C25H34N4O2/c1-18(2)20-9-10-22(23(17-20)27-25(26)31)24(30)29-15-12-21(13-16-29)28(3)14-11-19-7-5-4-6-8-19/h4-10,17-18,21H,11-16H2,1-3H3,(H3,26,27,31). The normalized spacial score (nSPS) is 14.8. The number of benzene rings is 2. The summed E-state index contributed by atoms with van der Waals surface area (Å²) in [5, 5.41) is 2.63. The number of carbonyl (C=O) groups is 2. The van der Waals surface area contributed by atoms with Crippen LogP contribution in [-0.4, -0.2) is 54.5 Å². The average molecular weight is 423 g/mol. The minimum Gasteiger partial charge on any atom is -0.351 e. The Morgan fingerprint density at radius 2 is 1.81 bits per heavy atom. The van der Waals surface area contributed by atoms with Crippen LogP contribution in [0.4, 0.5) is 10.5 Å². The van der Waals surface area contributed by atoms with Crippen molar-refractivity contribution in [3.63, 3.8) is 0 Å². The average Bonchev–Trinajstić information content (AvgIpc) is 2.77. The van der Waals surface area contributed by atoms with Crippen molar-refractivity contribution in [1.82, 2.24) is 9.80 Å². The minimum atomic E-state index is -0.659. The van der Waals surface area contributed by atoms with E-state index in [4.69, 9.17) is 5.73 Å². The molecule has 0 saturated carbocycles. The van der Waals surface area contributed by atoms with Crippen LogP contribution in [0, 0.1) is 0 Å². The molecule has 31 heavy (non-hydrogen) atoms. The number of nitrogens with two attached hydrogens (primary N) is 1. The third-order valence-corrected chi connectivity index (χ3v) is 6.17. The van der Waals surface area contributed by atoms with Crippen LogP contribution >= 0.6 is 0 Å². The number of piperidine rings is 1. The largest absolute Gasteiger partial charge is 0.351 e. The molecule has 1 aliphatic heterocycles. The minimum absolute atomic E-state index is 0.0514. The van der Waals surface area contributed by atoms with Gasteiger partial charge in [-0.15, -0.1) is 0 Å². The topological polar surface area (TPSA) is 78.7 Å². The van der Waals surface area contributed by atoms with Gasteiger partial charge in [-0.3, -0.25) is 4.79 Å². The smallest absolute Gasteiger partial charge is 0.316 e. The second kappa shape index (κ2) is 10.4. The highest BCUT2D eigenvalue weighted by Crippen LogP contribution is 2.26. The molecule has 1 fully saturated rings. The maximum Gasteiger partial charge on any atom is 0.316 e. The molecule has 0 aliphatic carbocycles. The van der Waals surface area contributed by atoms with Crippen LogP contribution in [-0.2, 0) is 6.42 Å². The number of urea groups is 1. The van der Waals surface area contributed by atoms with E-state index in [0.29, 0.717) is 36.3 Å². The first-order chi connectivity index (χ1) is 14.8. The third kappa shape index (κ3) is 6.07. The summed E-state index contributed by atoms with van der Waals surface area (Å²) in [7, 11) is 2.17. The van der Waals surface area contributed by atoms with Gasteiger partial charge < -0.3 is 20.9 Å². The SMILES string of the molecule is CC(C)c1ccc(C(=O)N2CCC(N(C)CCc3ccccc3)CC2)c(NC(N)=O)c1. The van der Waals surface area contributed by atoms with E-state index in [9.17, 15) is 9.59 Å². The first-order valence-electron chi connectivity index (χ1n) is 11.1. The molecule has 3 amide bonds. The highest BCUT2D eigenvalue weighted by molar-refractivity contribution is 6.03. The van der Waals surface area contributed by atoms with Crippen molar-refractivity contribution in [2.45, 2.75) is 45.1 Å². The third-order valence-electron chi connectivity index (χ3n) is 6.17. The van der Waals surface area contributed by atoms with Crippen molar-refractivity contribution >= 4 is 17.6 Å². The number of likely N-dealkylation sites (tertiary alicyclic amines) is 1. The number of carbonyl (C=O) groups excluding carboxylic acids is 2. The molecular weight excluding hydrogens is 388 g/mol. The summed E-state index contributed by atoms with van der Waals surface area (Å²) in [5.41, 5.74) is 8.73. The lowest BCUT2D eigenvalue weighted by molar-refractivity contribution is 0.0648. The molecule has 166 valence electrons. The Balaban J connectivity index is 1.60. The monoisotopic (exact) mass is 422 g/mol. The van der Waals surface area contributed by atoms with Crippen molar-refractivity contribution in [2.24, 2.45) is 5.73 Å². The Bertz CT molecular complexity index is 890. The van der Waals surface area contributed by atoms with Crippen molar-refractivity contribution < 1.29 is 9.59 Å². The van der Waals surface area contributed by atoms with Crippen molar-refractivity contribution in [2.75, 3.05) is 32.0 Å². The van der Waals surface area contributed by atoms with Crippen molar-refractivity contribution in [1.29, 1.82) is 0 Å². The number of anilines is 1. The number of nitrogens with one attached hydrogen (secondary N) is 1. The first-order valence-corrected chi connectivity index (χ1v) is 11.1. The molecular formula is C25H34N4O2. The molecule has 3 N–H and O–H groups in total. The van der Waals surface area contributed by atoms with Gasteiger partial charge in [0.25, 0.3) is 5.91 Å². The van der Waals surface area contributed by atoms with Gasteiger partial charge in [0, 0.05) is 25.7 Å². The van der Waals surface area contributed by atoms with Gasteiger partial charge in [0.1, 0.15) is 0 Å². The fourth-order valence-corrected chi connectivity index (χ4v) is 4.16. The fraction of sp³-hybridized carbons (Fsp3) is 0.440. The molecule has 0 unspecified atom stereocenters. The van der Waals surface area contributed by atoms with Gasteiger partial charge in [0.15, 0.2) is 0 Å². The summed E-state index contributed by atoms with van der Waals surface area (Å²) < 4.78 is 0. The zero-order valence-electron chi connectivity index (χ0n) is 18.8. The van der Waals surface area contributed by atoms with Gasteiger partial charge in [-0.05, 0) is 55.5 Å². The molecule has 2 aromatic carbocycles. The molecule has 0 atom stereocenters. The Kier molecular flexibility index (Phi) is 7.69. The predicted octanol–water partition coefficient (Wildman–Crippen LogP) is 4.08. The van der Waals surface area contributed by atoms with E-state index in [0.717, 1.165) is 31.4 Å². The van der Waals surface area contributed by atoms with Gasteiger partial charge in [-0.1, -0.05) is 50.2 Å². The zero-order chi connectivity index (χ0) is 22.4. The molecule has 0 bridgehead atoms. The summed E-state index contributed by atoms with van der Waals surface area (Å²) in [4.78, 5) is 29.0. The summed E-state index contributed by atoms with van der Waals surface area (Å²) >= 11 is 0. The quantitative estimate of drug-likeness (QED) is 0.706. The summed E-state index contributed by atoms with van der Waals surface area (Å²) in [6.07, 6.45) is 2.92. The maximum absolute atomic E-state index is 13.2. The molecule has 0 spiro atoms. The van der Waals surface area contributed by atoms with Crippen molar-refractivity contribution in [3.05, 3.63) is 65.2 Å². The Morgan fingerprint density at radius 1 is 1.13 bits per heavy atom. The maximum atomic E-state index is 13.2. The predicted molar refractivity (Wildman–Crippen MR) is 125 cm³/mol. The number of amides is 3. The van der Waals surface area contributed by atoms with Crippen LogP contribution in [0.25, 0.3) is 0 Å². The van der Waals surface area contributed by atoms with E-state index in [1.54, 1.807) is 6.07 Å². The lowest BCUT2D eigenvalue weighted by Gasteiger charge is -2.37. The van der Waals surface area contributed by atoms with Crippen LogP contribution in [0.15, 0.2) is 48.5 Å². The van der Waals surface area contributed by atoms with E-state index < -0.39 is 6.03 Å². The van der Waals surface area contributed by atoms with E-state index >= 15 is 0 Å². The fourth-order valence-electron chi connectivity index (χ4n) is 4.16. The highest BCUT2D eigenvalue weighted by Gasteiger charge is 2.27. The molecule has 3 rings (SSSR count). The first kappa shape index (κ1) is 22.8. The van der Waals surface area contributed by atoms with Crippen LogP contribution in [0.2, 0.25) is 0 Å². The van der Waals surface area contributed by atoms with E-state index in [-0.39, 0.29) is 5.91 Å². The zero-order valence-corrected chi connectivity index (χ0v) is 18.8. The lowest BCUT2D eigenvalue weighted by atomic mass is 9.98. The molecule has 1 aliphatic rings. The van der Waals surface area contributed by atoms with Crippen LogP contribution in [0.1, 0.15) is 54.1 Å². The van der Waals surface area contributed by atoms with E-state index in [1.165, 1.54) is 5.56 Å². The van der Waals surface area contributed by atoms with Gasteiger partial charge >= 0.3 is 6.03 Å². The van der Waals surface area contributed by atoms with Crippen LogP contribution in [0.3, 0.4) is 0 Å². The number of nitrogens with zero attached hydrogens (tertiary/aromatic N) is 2.